The van der Waals surface area contributed by atoms with Gasteiger partial charge in [0.2, 0.25) is 5.71 Å². The molecule has 9 heteroatoms. The van der Waals surface area contributed by atoms with E-state index in [-0.39, 0.29) is 23.6 Å². The van der Waals surface area contributed by atoms with Gasteiger partial charge >= 0.3 is 0 Å². The summed E-state index contributed by atoms with van der Waals surface area (Å²) in [7, 11) is 0. The van der Waals surface area contributed by atoms with Crippen molar-refractivity contribution in [1.29, 1.82) is 0 Å². The van der Waals surface area contributed by atoms with Gasteiger partial charge in [-0.2, -0.15) is 4.98 Å². The molecular weight excluding hydrogens is 336 g/mol. The van der Waals surface area contributed by atoms with Gasteiger partial charge in [-0.1, -0.05) is 0 Å². The Morgan fingerprint density at radius 3 is 2.92 bits per heavy atom. The molecule has 26 heavy (non-hydrogen) atoms. The Labute approximate surface area is 148 Å². The number of H-pyrrole nitrogens is 1. The fourth-order valence-corrected chi connectivity index (χ4v) is 2.68. The van der Waals surface area contributed by atoms with Crippen molar-refractivity contribution in [3.8, 4) is 0 Å². The standard InChI is InChI=1S/C17H18N6O3/c1-9-21-14(23-17(2)3-4-17)13-11(7-26-16(13)22-9)15(25)18-6-10-5-12(24)20-8-19-10/h5,7-8H,3-4,6H2,1-2H3,(H,18,25)(H,19,20,24)(H,21,22,23). The molecule has 0 bridgehead atoms. The van der Waals surface area contributed by atoms with E-state index in [0.29, 0.717) is 34.0 Å². The minimum absolute atomic E-state index is 0.00623. The Morgan fingerprint density at radius 1 is 1.38 bits per heavy atom. The number of furan rings is 1. The van der Waals surface area contributed by atoms with E-state index in [4.69, 9.17) is 4.42 Å². The second-order valence-corrected chi connectivity index (χ2v) is 6.72. The topological polar surface area (TPSA) is 126 Å². The van der Waals surface area contributed by atoms with Crippen LogP contribution in [0.4, 0.5) is 5.82 Å². The fraction of sp³-hybridized carbons (Fsp3) is 0.353. The highest BCUT2D eigenvalue weighted by Crippen LogP contribution is 2.39. The van der Waals surface area contributed by atoms with Crippen LogP contribution in [0.5, 0.6) is 0 Å². The number of nitrogens with one attached hydrogen (secondary N) is 3. The first kappa shape index (κ1) is 16.2. The van der Waals surface area contributed by atoms with E-state index < -0.39 is 0 Å². The molecule has 4 rings (SSSR count). The predicted molar refractivity (Wildman–Crippen MR) is 93.8 cm³/mol. The van der Waals surface area contributed by atoms with E-state index in [0.717, 1.165) is 12.8 Å². The maximum absolute atomic E-state index is 12.6. The van der Waals surface area contributed by atoms with Crippen LogP contribution in [-0.4, -0.2) is 31.4 Å². The molecule has 9 nitrogen and oxygen atoms in total. The number of carbonyl (C=O) groups excluding carboxylic acids is 1. The van der Waals surface area contributed by atoms with Crippen molar-refractivity contribution >= 4 is 22.8 Å². The van der Waals surface area contributed by atoms with Crippen LogP contribution >= 0.6 is 0 Å². The summed E-state index contributed by atoms with van der Waals surface area (Å²) in [6.45, 7) is 4.01. The molecule has 0 atom stereocenters. The first-order valence-electron chi connectivity index (χ1n) is 8.29. The van der Waals surface area contributed by atoms with Gasteiger partial charge in [0.1, 0.15) is 17.9 Å². The third-order valence-corrected chi connectivity index (χ3v) is 4.38. The lowest BCUT2D eigenvalue weighted by Gasteiger charge is -2.13. The summed E-state index contributed by atoms with van der Waals surface area (Å²) in [6, 6.07) is 1.33. The molecule has 134 valence electrons. The van der Waals surface area contributed by atoms with Crippen molar-refractivity contribution < 1.29 is 9.21 Å². The maximum Gasteiger partial charge on any atom is 0.255 e. The predicted octanol–water partition coefficient (Wildman–Crippen LogP) is 1.51. The molecule has 1 saturated carbocycles. The highest BCUT2D eigenvalue weighted by Gasteiger charge is 2.38. The number of carbonyl (C=O) groups is 1. The van der Waals surface area contributed by atoms with Gasteiger partial charge in [0.25, 0.3) is 11.5 Å². The lowest BCUT2D eigenvalue weighted by atomic mass is 10.2. The third kappa shape index (κ3) is 3.15. The Hall–Kier alpha value is -3.23. The average molecular weight is 354 g/mol. The molecule has 0 saturated heterocycles. The number of fused-ring (bicyclic) bond motifs is 1. The van der Waals surface area contributed by atoms with Crippen molar-refractivity contribution in [2.75, 3.05) is 5.32 Å². The number of aromatic amines is 1. The Bertz CT molecular complexity index is 1050. The lowest BCUT2D eigenvalue weighted by Crippen LogP contribution is -2.24. The van der Waals surface area contributed by atoms with Gasteiger partial charge in [0.15, 0.2) is 0 Å². The number of hydrogen-bond donors (Lipinski definition) is 3. The molecule has 3 N–H and O–H groups in total. The van der Waals surface area contributed by atoms with Crippen molar-refractivity contribution in [1.82, 2.24) is 25.3 Å². The van der Waals surface area contributed by atoms with Crippen molar-refractivity contribution in [3.05, 3.63) is 46.1 Å². The molecule has 0 aromatic carbocycles. The molecule has 1 aliphatic rings. The van der Waals surface area contributed by atoms with Gasteiger partial charge in [0, 0.05) is 11.6 Å². The number of aromatic nitrogens is 4. The number of amides is 1. The average Bonchev–Trinajstić information content (AvgIpc) is 3.15. The van der Waals surface area contributed by atoms with Crippen molar-refractivity contribution in [2.24, 2.45) is 0 Å². The summed E-state index contributed by atoms with van der Waals surface area (Å²) in [5.41, 5.74) is 0.894. The molecule has 0 aliphatic heterocycles. The lowest BCUT2D eigenvalue weighted by molar-refractivity contribution is 0.0951. The van der Waals surface area contributed by atoms with E-state index >= 15 is 0 Å². The second kappa shape index (κ2) is 5.94. The molecule has 0 spiro atoms. The fourth-order valence-electron chi connectivity index (χ4n) is 2.68. The number of aryl methyl sites for hydroxylation is 1. The summed E-state index contributed by atoms with van der Waals surface area (Å²) in [4.78, 5) is 39.1. The summed E-state index contributed by atoms with van der Waals surface area (Å²) < 4.78 is 5.48. The van der Waals surface area contributed by atoms with Gasteiger partial charge in [-0.15, -0.1) is 0 Å². The summed E-state index contributed by atoms with van der Waals surface area (Å²) in [5, 5.41) is 6.69. The van der Waals surface area contributed by atoms with E-state index in [9.17, 15) is 9.59 Å². The largest absolute Gasteiger partial charge is 0.445 e. The van der Waals surface area contributed by atoms with Gasteiger partial charge in [-0.05, 0) is 26.7 Å². The zero-order valence-corrected chi connectivity index (χ0v) is 14.4. The van der Waals surface area contributed by atoms with Gasteiger partial charge < -0.3 is 20.0 Å². The Balaban J connectivity index is 1.63. The van der Waals surface area contributed by atoms with Crippen LogP contribution in [0.15, 0.2) is 27.9 Å². The smallest absolute Gasteiger partial charge is 0.255 e. The molecule has 0 unspecified atom stereocenters. The highest BCUT2D eigenvalue weighted by molar-refractivity contribution is 6.08. The van der Waals surface area contributed by atoms with Crippen LogP contribution in [0, 0.1) is 6.92 Å². The molecule has 1 amide bonds. The van der Waals surface area contributed by atoms with Crippen LogP contribution in [0.3, 0.4) is 0 Å². The van der Waals surface area contributed by atoms with E-state index in [2.05, 4.69) is 37.5 Å². The number of anilines is 1. The second-order valence-electron chi connectivity index (χ2n) is 6.72. The summed E-state index contributed by atoms with van der Waals surface area (Å²) >= 11 is 0. The molecule has 3 aromatic rings. The molecule has 1 fully saturated rings. The Morgan fingerprint density at radius 2 is 2.19 bits per heavy atom. The monoisotopic (exact) mass is 354 g/mol. The molecule has 3 heterocycles. The van der Waals surface area contributed by atoms with Crippen LogP contribution in [-0.2, 0) is 6.54 Å². The van der Waals surface area contributed by atoms with E-state index in [1.807, 2.05) is 0 Å². The first-order chi connectivity index (χ1) is 12.4. The summed E-state index contributed by atoms with van der Waals surface area (Å²) in [5.74, 6) is 0.821. The first-order valence-corrected chi connectivity index (χ1v) is 8.29. The molecule has 0 radical (unpaired) electrons. The van der Waals surface area contributed by atoms with Crippen LogP contribution in [0.1, 0.15) is 41.6 Å². The Kier molecular flexibility index (Phi) is 3.71. The van der Waals surface area contributed by atoms with Gasteiger partial charge in [-0.3, -0.25) is 9.59 Å². The number of hydrogen-bond acceptors (Lipinski definition) is 7. The van der Waals surface area contributed by atoms with E-state index in [1.165, 1.54) is 18.7 Å². The van der Waals surface area contributed by atoms with Crippen molar-refractivity contribution in [3.63, 3.8) is 0 Å². The molecule has 3 aromatic heterocycles. The van der Waals surface area contributed by atoms with Crippen molar-refractivity contribution in [2.45, 2.75) is 38.8 Å². The highest BCUT2D eigenvalue weighted by atomic mass is 16.3. The van der Waals surface area contributed by atoms with E-state index in [1.54, 1.807) is 6.92 Å². The minimum Gasteiger partial charge on any atom is -0.445 e. The molecular formula is C17H18N6O3. The number of nitrogens with zero attached hydrogens (tertiary/aromatic N) is 3. The van der Waals surface area contributed by atoms with Gasteiger partial charge in [0.05, 0.1) is 29.5 Å². The van der Waals surface area contributed by atoms with Crippen LogP contribution < -0.4 is 16.2 Å². The normalized spacial score (nSPS) is 15.0. The maximum atomic E-state index is 12.6. The zero-order chi connectivity index (χ0) is 18.3. The minimum atomic E-state index is -0.345. The zero-order valence-electron chi connectivity index (χ0n) is 14.4. The number of rotatable bonds is 5. The quantitative estimate of drug-likeness (QED) is 0.634. The SMILES string of the molecule is Cc1nc(NC2(C)CC2)c2c(C(=O)NCc3cc(=O)[nH]cn3)coc2n1. The summed E-state index contributed by atoms with van der Waals surface area (Å²) in [6.07, 6.45) is 4.77. The van der Waals surface area contributed by atoms with Crippen LogP contribution in [0.2, 0.25) is 0 Å². The molecule has 1 aliphatic carbocycles. The van der Waals surface area contributed by atoms with Gasteiger partial charge in [-0.25, -0.2) is 9.97 Å². The van der Waals surface area contributed by atoms with Crippen LogP contribution in [0.25, 0.3) is 11.1 Å². The third-order valence-electron chi connectivity index (χ3n) is 4.38.